The van der Waals surface area contributed by atoms with Crippen LogP contribution in [-0.4, -0.2) is 43.8 Å². The van der Waals surface area contributed by atoms with E-state index in [-0.39, 0.29) is 28.7 Å². The molecule has 0 aliphatic heterocycles. The molecule has 10 heteroatoms. The first kappa shape index (κ1) is 31.1. The molecule has 0 unspecified atom stereocenters. The van der Waals surface area contributed by atoms with Crippen LogP contribution >= 0.6 is 11.6 Å². The quantitative estimate of drug-likeness (QED) is 0.315. The van der Waals surface area contributed by atoms with Gasteiger partial charge in [0.1, 0.15) is 18.4 Å². The fourth-order valence-corrected chi connectivity index (χ4v) is 5.54. The highest BCUT2D eigenvalue weighted by molar-refractivity contribution is 7.92. The Labute approximate surface area is 241 Å². The second-order valence-electron chi connectivity index (χ2n) is 9.87. The molecule has 3 aromatic rings. The number of nitrogens with one attached hydrogen (secondary N) is 1. The highest BCUT2D eigenvalue weighted by atomic mass is 35.5. The highest BCUT2D eigenvalue weighted by Crippen LogP contribution is 2.29. The van der Waals surface area contributed by atoms with E-state index in [4.69, 9.17) is 11.6 Å². The highest BCUT2D eigenvalue weighted by Gasteiger charge is 2.33. The van der Waals surface area contributed by atoms with Gasteiger partial charge in [-0.05, 0) is 70.0 Å². The Morgan fingerprint density at radius 2 is 1.65 bits per heavy atom. The van der Waals surface area contributed by atoms with Crippen LogP contribution < -0.4 is 9.62 Å². The molecule has 0 saturated heterocycles. The molecular formula is C30H35ClFN3O4S. The van der Waals surface area contributed by atoms with Crippen molar-refractivity contribution in [3.8, 4) is 0 Å². The summed E-state index contributed by atoms with van der Waals surface area (Å²) in [6.45, 7) is 8.05. The third-order valence-corrected chi connectivity index (χ3v) is 8.99. The van der Waals surface area contributed by atoms with Crippen molar-refractivity contribution in [2.45, 2.75) is 64.6 Å². The average molecular weight is 588 g/mol. The summed E-state index contributed by atoms with van der Waals surface area (Å²) < 4.78 is 43.4. The Kier molecular flexibility index (Phi) is 10.3. The van der Waals surface area contributed by atoms with Gasteiger partial charge in [-0.3, -0.25) is 13.9 Å². The summed E-state index contributed by atoms with van der Waals surface area (Å²) in [7, 11) is -4.23. The van der Waals surface area contributed by atoms with Gasteiger partial charge in [0.05, 0.1) is 10.6 Å². The largest absolute Gasteiger partial charge is 0.352 e. The van der Waals surface area contributed by atoms with Crippen molar-refractivity contribution >= 4 is 39.1 Å². The molecule has 0 aromatic heterocycles. The van der Waals surface area contributed by atoms with Gasteiger partial charge in [-0.2, -0.15) is 0 Å². The molecule has 0 bridgehead atoms. The van der Waals surface area contributed by atoms with Crippen LogP contribution in [0.3, 0.4) is 0 Å². The smallest absolute Gasteiger partial charge is 0.264 e. The zero-order valence-electron chi connectivity index (χ0n) is 23.3. The molecule has 7 nitrogen and oxygen atoms in total. The van der Waals surface area contributed by atoms with Crippen molar-refractivity contribution in [2.75, 3.05) is 10.8 Å². The summed E-state index contributed by atoms with van der Waals surface area (Å²) in [6, 6.07) is 15.8. The minimum absolute atomic E-state index is 0.00851. The van der Waals surface area contributed by atoms with Crippen molar-refractivity contribution in [1.82, 2.24) is 10.2 Å². The lowest BCUT2D eigenvalue weighted by molar-refractivity contribution is -0.139. The maximum Gasteiger partial charge on any atom is 0.264 e. The summed E-state index contributed by atoms with van der Waals surface area (Å²) >= 11 is 6.34. The maximum absolute atomic E-state index is 14.6. The molecule has 0 aliphatic rings. The molecule has 0 saturated carbocycles. The molecule has 0 radical (unpaired) electrons. The van der Waals surface area contributed by atoms with E-state index < -0.39 is 40.2 Å². The monoisotopic (exact) mass is 587 g/mol. The van der Waals surface area contributed by atoms with E-state index in [0.29, 0.717) is 11.4 Å². The minimum Gasteiger partial charge on any atom is -0.352 e. The normalized spacial score (nSPS) is 12.9. The van der Waals surface area contributed by atoms with Gasteiger partial charge in [0, 0.05) is 23.2 Å². The number of anilines is 1. The average Bonchev–Trinajstić information content (AvgIpc) is 2.92. The molecule has 0 heterocycles. The van der Waals surface area contributed by atoms with Gasteiger partial charge in [-0.1, -0.05) is 60.5 Å². The molecule has 0 spiro atoms. The number of amides is 2. The Morgan fingerprint density at radius 3 is 2.25 bits per heavy atom. The van der Waals surface area contributed by atoms with Crippen molar-refractivity contribution < 1.29 is 22.4 Å². The van der Waals surface area contributed by atoms with Crippen LogP contribution in [0.4, 0.5) is 10.1 Å². The third kappa shape index (κ3) is 7.40. The van der Waals surface area contributed by atoms with E-state index >= 15 is 0 Å². The molecule has 2 amide bonds. The number of halogens is 2. The van der Waals surface area contributed by atoms with Crippen LogP contribution in [-0.2, 0) is 26.2 Å². The first-order valence-electron chi connectivity index (χ1n) is 13.0. The molecule has 40 heavy (non-hydrogen) atoms. The van der Waals surface area contributed by atoms with Gasteiger partial charge >= 0.3 is 0 Å². The molecule has 3 rings (SSSR count). The summed E-state index contributed by atoms with van der Waals surface area (Å²) in [4.78, 5) is 28.2. The number of hydrogen-bond acceptors (Lipinski definition) is 4. The Bertz CT molecular complexity index is 1460. The second kappa shape index (κ2) is 13.3. The number of aryl methyl sites for hydroxylation is 2. The fourth-order valence-electron chi connectivity index (χ4n) is 3.96. The lowest BCUT2D eigenvalue weighted by Crippen LogP contribution is -2.52. The van der Waals surface area contributed by atoms with Crippen molar-refractivity contribution in [3.63, 3.8) is 0 Å². The van der Waals surface area contributed by atoms with Gasteiger partial charge in [-0.15, -0.1) is 0 Å². The molecular weight excluding hydrogens is 553 g/mol. The lowest BCUT2D eigenvalue weighted by atomic mass is 10.1. The van der Waals surface area contributed by atoms with Gasteiger partial charge in [0.2, 0.25) is 11.8 Å². The van der Waals surface area contributed by atoms with Gasteiger partial charge in [-0.25, -0.2) is 12.8 Å². The summed E-state index contributed by atoms with van der Waals surface area (Å²) in [5.74, 6) is -1.64. The molecule has 0 fully saturated rings. The fraction of sp³-hybridized carbons (Fsp3) is 0.333. The van der Waals surface area contributed by atoms with Gasteiger partial charge in [0.25, 0.3) is 10.0 Å². The minimum atomic E-state index is -4.23. The predicted molar refractivity (Wildman–Crippen MR) is 156 cm³/mol. The number of hydrogen-bond donors (Lipinski definition) is 1. The summed E-state index contributed by atoms with van der Waals surface area (Å²) in [6.07, 6.45) is 0.677. The second-order valence-corrected chi connectivity index (χ2v) is 12.1. The molecule has 2 atom stereocenters. The predicted octanol–water partition coefficient (Wildman–Crippen LogP) is 5.62. The number of nitrogens with zero attached hydrogens (tertiary/aromatic N) is 2. The van der Waals surface area contributed by atoms with Crippen molar-refractivity contribution in [2.24, 2.45) is 0 Å². The topological polar surface area (TPSA) is 86.8 Å². The summed E-state index contributed by atoms with van der Waals surface area (Å²) in [5.41, 5.74) is 2.00. The maximum atomic E-state index is 14.6. The number of rotatable bonds is 11. The molecule has 214 valence electrons. The number of carbonyl (C=O) groups excluding carboxylic acids is 2. The standard InChI is InChI=1S/C30H35ClFN3O4S/c1-6-22(4)33-30(37)23(5)34(18-24-9-7-8-10-28(24)32)29(36)19-35(25-14-13-21(3)27(31)17-25)40(38,39)26-15-11-20(2)12-16-26/h7-17,22-23H,6,18-19H2,1-5H3,(H,33,37)/t22-,23-/m0/s1. The van der Waals surface area contributed by atoms with Crippen LogP contribution in [0.15, 0.2) is 71.6 Å². The van der Waals surface area contributed by atoms with Crippen molar-refractivity contribution in [3.05, 3.63) is 94.3 Å². The summed E-state index contributed by atoms with van der Waals surface area (Å²) in [5, 5.41) is 3.18. The van der Waals surface area contributed by atoms with E-state index in [1.807, 2.05) is 20.8 Å². The Balaban J connectivity index is 2.06. The third-order valence-electron chi connectivity index (χ3n) is 6.80. The van der Waals surface area contributed by atoms with Crippen LogP contribution in [0.25, 0.3) is 0 Å². The van der Waals surface area contributed by atoms with E-state index in [1.165, 1.54) is 48.2 Å². The molecule has 0 aliphatic carbocycles. The Morgan fingerprint density at radius 1 is 1.00 bits per heavy atom. The Hall–Kier alpha value is -3.43. The van der Waals surface area contributed by atoms with Gasteiger partial charge in [0.15, 0.2) is 0 Å². The first-order valence-corrected chi connectivity index (χ1v) is 14.9. The zero-order chi connectivity index (χ0) is 29.6. The van der Waals surface area contributed by atoms with E-state index in [1.54, 1.807) is 37.3 Å². The lowest BCUT2D eigenvalue weighted by Gasteiger charge is -2.32. The van der Waals surface area contributed by atoms with Crippen molar-refractivity contribution in [1.29, 1.82) is 0 Å². The number of carbonyl (C=O) groups is 2. The van der Waals surface area contributed by atoms with Crippen LogP contribution in [0.2, 0.25) is 5.02 Å². The van der Waals surface area contributed by atoms with Crippen LogP contribution in [0, 0.1) is 19.7 Å². The zero-order valence-corrected chi connectivity index (χ0v) is 24.9. The number of benzene rings is 3. The van der Waals surface area contributed by atoms with Gasteiger partial charge < -0.3 is 10.2 Å². The van der Waals surface area contributed by atoms with E-state index in [0.717, 1.165) is 15.4 Å². The molecule has 3 aromatic carbocycles. The van der Waals surface area contributed by atoms with Crippen LogP contribution in [0.1, 0.15) is 43.9 Å². The van der Waals surface area contributed by atoms with E-state index in [2.05, 4.69) is 5.32 Å². The van der Waals surface area contributed by atoms with Crippen LogP contribution in [0.5, 0.6) is 0 Å². The molecule has 1 N–H and O–H groups in total. The van der Waals surface area contributed by atoms with E-state index in [9.17, 15) is 22.4 Å². The first-order chi connectivity index (χ1) is 18.8. The number of sulfonamides is 1. The SMILES string of the molecule is CC[C@H](C)NC(=O)[C@H](C)N(Cc1ccccc1F)C(=O)CN(c1ccc(C)c(Cl)c1)S(=O)(=O)c1ccc(C)cc1.